The summed E-state index contributed by atoms with van der Waals surface area (Å²) >= 11 is 0. The number of carbonyl (C=O) groups excluding carboxylic acids is 2. The first kappa shape index (κ1) is 20.3. The lowest BCUT2D eigenvalue weighted by Gasteiger charge is -2.28. The van der Waals surface area contributed by atoms with Crippen LogP contribution in [0.5, 0.6) is 11.5 Å². The maximum atomic E-state index is 12.8. The van der Waals surface area contributed by atoms with Crippen molar-refractivity contribution in [2.75, 3.05) is 20.8 Å². The Bertz CT molecular complexity index is 757. The van der Waals surface area contributed by atoms with Crippen LogP contribution in [0, 0.1) is 6.92 Å². The second-order valence-corrected chi connectivity index (χ2v) is 6.26. The van der Waals surface area contributed by atoms with Gasteiger partial charge in [0.2, 0.25) is 5.91 Å². The fourth-order valence-electron chi connectivity index (χ4n) is 2.58. The highest BCUT2D eigenvalue weighted by Crippen LogP contribution is 2.17. The van der Waals surface area contributed by atoms with Gasteiger partial charge in [0.05, 0.1) is 7.11 Å². The number of nitrogens with zero attached hydrogens (tertiary/aromatic N) is 1. The molecule has 1 unspecified atom stereocenters. The van der Waals surface area contributed by atoms with Crippen molar-refractivity contribution in [3.8, 4) is 11.5 Å². The molecule has 2 amide bonds. The van der Waals surface area contributed by atoms with Crippen LogP contribution in [-0.4, -0.2) is 43.5 Å². The number of methoxy groups -OCH3 is 1. The molecule has 0 bridgehead atoms. The van der Waals surface area contributed by atoms with Crippen LogP contribution in [-0.2, 0) is 16.1 Å². The standard InChI is InChI=1S/C21H26N2O4/c1-15-5-7-17(8-6-15)13-23(16(2)21(25)22-3)20(24)14-27-19-11-9-18(26-4)10-12-19/h5-12,16H,13-14H2,1-4H3,(H,22,25). The van der Waals surface area contributed by atoms with Crippen LogP contribution in [0.3, 0.4) is 0 Å². The largest absolute Gasteiger partial charge is 0.497 e. The van der Waals surface area contributed by atoms with Crippen LogP contribution in [0.2, 0.25) is 0 Å². The van der Waals surface area contributed by atoms with Crippen LogP contribution in [0.15, 0.2) is 48.5 Å². The number of ether oxygens (including phenoxy) is 2. The van der Waals surface area contributed by atoms with E-state index >= 15 is 0 Å². The Morgan fingerprint density at radius 1 is 1.04 bits per heavy atom. The molecule has 0 saturated heterocycles. The minimum Gasteiger partial charge on any atom is -0.497 e. The fraction of sp³-hybridized carbons (Fsp3) is 0.333. The molecule has 0 heterocycles. The first-order valence-corrected chi connectivity index (χ1v) is 8.78. The minimum absolute atomic E-state index is 0.153. The maximum Gasteiger partial charge on any atom is 0.261 e. The van der Waals surface area contributed by atoms with Crippen molar-refractivity contribution in [2.45, 2.75) is 26.4 Å². The molecule has 27 heavy (non-hydrogen) atoms. The van der Waals surface area contributed by atoms with Crippen molar-refractivity contribution in [3.05, 3.63) is 59.7 Å². The molecule has 0 fully saturated rings. The van der Waals surface area contributed by atoms with Gasteiger partial charge in [0, 0.05) is 13.6 Å². The second kappa shape index (κ2) is 9.62. The summed E-state index contributed by atoms with van der Waals surface area (Å²) in [6.45, 7) is 3.89. The quantitative estimate of drug-likeness (QED) is 0.775. The molecule has 0 saturated carbocycles. The molecule has 0 spiro atoms. The van der Waals surface area contributed by atoms with Gasteiger partial charge in [0.25, 0.3) is 5.91 Å². The Morgan fingerprint density at radius 2 is 1.63 bits per heavy atom. The number of hydrogen-bond acceptors (Lipinski definition) is 4. The predicted molar refractivity (Wildman–Crippen MR) is 104 cm³/mol. The molecule has 6 heteroatoms. The molecule has 2 aromatic carbocycles. The van der Waals surface area contributed by atoms with E-state index in [-0.39, 0.29) is 18.4 Å². The van der Waals surface area contributed by atoms with E-state index in [0.717, 1.165) is 11.1 Å². The normalized spacial score (nSPS) is 11.4. The molecule has 2 rings (SSSR count). The molecule has 2 aromatic rings. The van der Waals surface area contributed by atoms with Crippen LogP contribution in [0.1, 0.15) is 18.1 Å². The summed E-state index contributed by atoms with van der Waals surface area (Å²) in [7, 11) is 3.14. The predicted octanol–water partition coefficient (Wildman–Crippen LogP) is 2.55. The number of carbonyl (C=O) groups is 2. The molecule has 0 aliphatic carbocycles. The first-order valence-electron chi connectivity index (χ1n) is 8.78. The van der Waals surface area contributed by atoms with E-state index in [1.165, 1.54) is 4.90 Å². The number of aryl methyl sites for hydroxylation is 1. The minimum atomic E-state index is -0.608. The fourth-order valence-corrected chi connectivity index (χ4v) is 2.58. The van der Waals surface area contributed by atoms with Crippen molar-refractivity contribution in [1.82, 2.24) is 10.2 Å². The van der Waals surface area contributed by atoms with Crippen LogP contribution in [0.4, 0.5) is 0 Å². The lowest BCUT2D eigenvalue weighted by molar-refractivity contribution is -0.142. The number of benzene rings is 2. The highest BCUT2D eigenvalue weighted by molar-refractivity contribution is 5.87. The van der Waals surface area contributed by atoms with Crippen LogP contribution < -0.4 is 14.8 Å². The smallest absolute Gasteiger partial charge is 0.261 e. The zero-order chi connectivity index (χ0) is 19.8. The van der Waals surface area contributed by atoms with E-state index in [1.807, 2.05) is 31.2 Å². The lowest BCUT2D eigenvalue weighted by Crippen LogP contribution is -2.48. The van der Waals surface area contributed by atoms with Crippen LogP contribution in [0.25, 0.3) is 0 Å². The van der Waals surface area contributed by atoms with Gasteiger partial charge in [-0.3, -0.25) is 9.59 Å². The zero-order valence-electron chi connectivity index (χ0n) is 16.2. The Hall–Kier alpha value is -3.02. The van der Waals surface area contributed by atoms with E-state index in [2.05, 4.69) is 5.32 Å². The first-order chi connectivity index (χ1) is 12.9. The topological polar surface area (TPSA) is 67.9 Å². The monoisotopic (exact) mass is 370 g/mol. The van der Waals surface area contributed by atoms with E-state index in [0.29, 0.717) is 18.0 Å². The summed E-state index contributed by atoms with van der Waals surface area (Å²) in [6.07, 6.45) is 0. The van der Waals surface area contributed by atoms with Crippen LogP contribution >= 0.6 is 0 Å². The third-order valence-electron chi connectivity index (χ3n) is 4.31. The molecule has 0 aliphatic rings. The van der Waals surface area contributed by atoms with Crippen molar-refractivity contribution >= 4 is 11.8 Å². The van der Waals surface area contributed by atoms with Crippen molar-refractivity contribution in [2.24, 2.45) is 0 Å². The molecule has 0 aliphatic heterocycles. The summed E-state index contributed by atoms with van der Waals surface area (Å²) in [5.41, 5.74) is 2.09. The van der Waals surface area contributed by atoms with Gasteiger partial charge < -0.3 is 19.7 Å². The van der Waals surface area contributed by atoms with Gasteiger partial charge in [-0.2, -0.15) is 0 Å². The zero-order valence-corrected chi connectivity index (χ0v) is 16.2. The average Bonchev–Trinajstić information content (AvgIpc) is 2.70. The molecular weight excluding hydrogens is 344 g/mol. The summed E-state index contributed by atoms with van der Waals surface area (Å²) in [4.78, 5) is 26.4. The number of likely N-dealkylation sites (N-methyl/N-ethyl adjacent to an activating group) is 1. The van der Waals surface area contributed by atoms with Gasteiger partial charge >= 0.3 is 0 Å². The molecule has 0 radical (unpaired) electrons. The second-order valence-electron chi connectivity index (χ2n) is 6.26. The van der Waals surface area contributed by atoms with Crippen molar-refractivity contribution in [1.29, 1.82) is 0 Å². The maximum absolute atomic E-state index is 12.8. The number of rotatable bonds is 8. The van der Waals surface area contributed by atoms with Gasteiger partial charge in [0.1, 0.15) is 17.5 Å². The Kier molecular flexibility index (Phi) is 7.23. The molecular formula is C21H26N2O4. The van der Waals surface area contributed by atoms with Gasteiger partial charge in [0.15, 0.2) is 6.61 Å². The van der Waals surface area contributed by atoms with Gasteiger partial charge in [-0.1, -0.05) is 29.8 Å². The van der Waals surface area contributed by atoms with E-state index in [1.54, 1.807) is 45.3 Å². The Balaban J connectivity index is 2.09. The molecule has 6 nitrogen and oxygen atoms in total. The van der Waals surface area contributed by atoms with Gasteiger partial charge in [-0.05, 0) is 43.7 Å². The molecule has 0 aromatic heterocycles. The van der Waals surface area contributed by atoms with Crippen molar-refractivity contribution < 1.29 is 19.1 Å². The van der Waals surface area contributed by atoms with E-state index in [9.17, 15) is 9.59 Å². The number of nitrogens with one attached hydrogen (secondary N) is 1. The number of hydrogen-bond donors (Lipinski definition) is 1. The average molecular weight is 370 g/mol. The molecule has 144 valence electrons. The number of amides is 2. The van der Waals surface area contributed by atoms with E-state index < -0.39 is 6.04 Å². The third kappa shape index (κ3) is 5.74. The van der Waals surface area contributed by atoms with Gasteiger partial charge in [-0.15, -0.1) is 0 Å². The van der Waals surface area contributed by atoms with Gasteiger partial charge in [-0.25, -0.2) is 0 Å². The molecule has 1 N–H and O–H groups in total. The highest BCUT2D eigenvalue weighted by Gasteiger charge is 2.25. The summed E-state index contributed by atoms with van der Waals surface area (Å²) < 4.78 is 10.7. The summed E-state index contributed by atoms with van der Waals surface area (Å²) in [5, 5.41) is 2.59. The Labute approximate surface area is 160 Å². The third-order valence-corrected chi connectivity index (χ3v) is 4.31. The lowest BCUT2D eigenvalue weighted by atomic mass is 10.1. The van der Waals surface area contributed by atoms with Crippen molar-refractivity contribution in [3.63, 3.8) is 0 Å². The summed E-state index contributed by atoms with van der Waals surface area (Å²) in [5.74, 6) is 0.789. The SMILES string of the molecule is CNC(=O)C(C)N(Cc1ccc(C)cc1)C(=O)COc1ccc(OC)cc1. The van der Waals surface area contributed by atoms with E-state index in [4.69, 9.17) is 9.47 Å². The Morgan fingerprint density at radius 3 is 2.19 bits per heavy atom. The molecule has 1 atom stereocenters. The summed E-state index contributed by atoms with van der Waals surface area (Å²) in [6, 6.07) is 14.3. The highest BCUT2D eigenvalue weighted by atomic mass is 16.5.